The Morgan fingerprint density at radius 3 is 2.67 bits per heavy atom. The molecule has 2 aliphatic rings. The van der Waals surface area contributed by atoms with E-state index in [4.69, 9.17) is 4.42 Å². The zero-order chi connectivity index (χ0) is 23.8. The molecule has 180 valence electrons. The SMILES string of the molecule is CCCN(Cc1cccn1Cc1ccc(C(=O)N2CC3(C)CC2CC(C)(C)C3)o1)C(=O)CC. The third-order valence-corrected chi connectivity index (χ3v) is 7.30. The van der Waals surface area contributed by atoms with Gasteiger partial charge in [-0.3, -0.25) is 9.59 Å². The molecule has 6 nitrogen and oxygen atoms in total. The quantitative estimate of drug-likeness (QED) is 0.544. The maximum atomic E-state index is 13.3. The average Bonchev–Trinajstić information content (AvgIpc) is 3.44. The minimum Gasteiger partial charge on any atom is -0.454 e. The topological polar surface area (TPSA) is 58.7 Å². The second-order valence-electron chi connectivity index (χ2n) is 11.2. The van der Waals surface area contributed by atoms with Crippen LogP contribution in [0.4, 0.5) is 0 Å². The highest BCUT2D eigenvalue weighted by Crippen LogP contribution is 2.52. The van der Waals surface area contributed by atoms with Crippen LogP contribution in [-0.4, -0.2) is 45.3 Å². The van der Waals surface area contributed by atoms with Gasteiger partial charge < -0.3 is 18.8 Å². The zero-order valence-electron chi connectivity index (χ0n) is 20.9. The van der Waals surface area contributed by atoms with Crippen molar-refractivity contribution in [3.63, 3.8) is 0 Å². The first kappa shape index (κ1) is 23.7. The number of likely N-dealkylation sites (tertiary alicyclic amines) is 1. The van der Waals surface area contributed by atoms with Gasteiger partial charge in [-0.05, 0) is 60.8 Å². The first-order valence-corrected chi connectivity index (χ1v) is 12.4. The van der Waals surface area contributed by atoms with Crippen LogP contribution in [0.15, 0.2) is 34.9 Å². The summed E-state index contributed by atoms with van der Waals surface area (Å²) in [5.41, 5.74) is 1.55. The van der Waals surface area contributed by atoms with E-state index in [0.29, 0.717) is 31.3 Å². The van der Waals surface area contributed by atoms with Gasteiger partial charge in [0.2, 0.25) is 5.91 Å². The highest BCUT2D eigenvalue weighted by atomic mass is 16.4. The van der Waals surface area contributed by atoms with Crippen LogP contribution < -0.4 is 0 Å². The van der Waals surface area contributed by atoms with Crippen molar-refractivity contribution in [2.75, 3.05) is 13.1 Å². The van der Waals surface area contributed by atoms with Crippen molar-refractivity contribution >= 4 is 11.8 Å². The van der Waals surface area contributed by atoms with Gasteiger partial charge in [0, 0.05) is 37.4 Å². The molecule has 6 heteroatoms. The predicted molar refractivity (Wildman–Crippen MR) is 129 cm³/mol. The summed E-state index contributed by atoms with van der Waals surface area (Å²) >= 11 is 0. The van der Waals surface area contributed by atoms with Crippen LogP contribution in [0.1, 0.15) is 88.7 Å². The smallest absolute Gasteiger partial charge is 0.289 e. The molecule has 4 rings (SSSR count). The number of aromatic nitrogens is 1. The molecule has 2 aromatic heterocycles. The van der Waals surface area contributed by atoms with Gasteiger partial charge in [0.25, 0.3) is 5.91 Å². The molecule has 2 atom stereocenters. The van der Waals surface area contributed by atoms with E-state index >= 15 is 0 Å². The molecule has 33 heavy (non-hydrogen) atoms. The number of carbonyl (C=O) groups excluding carboxylic acids is 2. The molecule has 2 bridgehead atoms. The number of nitrogens with zero attached hydrogens (tertiary/aromatic N) is 3. The predicted octanol–water partition coefficient (Wildman–Crippen LogP) is 5.32. The Labute approximate surface area is 197 Å². The summed E-state index contributed by atoms with van der Waals surface area (Å²) in [7, 11) is 0. The van der Waals surface area contributed by atoms with Gasteiger partial charge in [-0.2, -0.15) is 0 Å². The fourth-order valence-corrected chi connectivity index (χ4v) is 6.31. The molecule has 1 saturated carbocycles. The molecular weight excluding hydrogens is 414 g/mol. The number of rotatable bonds is 8. The van der Waals surface area contributed by atoms with Gasteiger partial charge in [0.15, 0.2) is 5.76 Å². The lowest BCUT2D eigenvalue weighted by Crippen LogP contribution is -2.37. The van der Waals surface area contributed by atoms with Crippen molar-refractivity contribution < 1.29 is 14.0 Å². The Kier molecular flexibility index (Phi) is 6.47. The van der Waals surface area contributed by atoms with Crippen LogP contribution in [0.3, 0.4) is 0 Å². The number of furan rings is 1. The van der Waals surface area contributed by atoms with Crippen molar-refractivity contribution in [2.45, 2.75) is 85.9 Å². The van der Waals surface area contributed by atoms with E-state index in [0.717, 1.165) is 50.2 Å². The van der Waals surface area contributed by atoms with Crippen molar-refractivity contribution in [3.8, 4) is 0 Å². The molecule has 1 saturated heterocycles. The highest BCUT2D eigenvalue weighted by molar-refractivity contribution is 5.92. The van der Waals surface area contributed by atoms with E-state index < -0.39 is 0 Å². The largest absolute Gasteiger partial charge is 0.454 e. The number of fused-ring (bicyclic) bond motifs is 2. The third kappa shape index (κ3) is 5.04. The van der Waals surface area contributed by atoms with E-state index in [9.17, 15) is 9.59 Å². The highest BCUT2D eigenvalue weighted by Gasteiger charge is 2.51. The Morgan fingerprint density at radius 2 is 1.94 bits per heavy atom. The summed E-state index contributed by atoms with van der Waals surface area (Å²) in [5.74, 6) is 1.38. The average molecular weight is 454 g/mol. The molecule has 2 amide bonds. The van der Waals surface area contributed by atoms with Crippen molar-refractivity contribution in [3.05, 3.63) is 47.7 Å². The molecular formula is C27H39N3O3. The number of hydrogen-bond donors (Lipinski definition) is 0. The van der Waals surface area contributed by atoms with Gasteiger partial charge in [0.1, 0.15) is 5.76 Å². The molecule has 2 aromatic rings. The minimum atomic E-state index is 0.0167. The van der Waals surface area contributed by atoms with Crippen LogP contribution in [0.5, 0.6) is 0 Å². The maximum absolute atomic E-state index is 13.3. The molecule has 0 spiro atoms. The number of hydrogen-bond acceptors (Lipinski definition) is 3. The lowest BCUT2D eigenvalue weighted by molar-refractivity contribution is -0.131. The van der Waals surface area contributed by atoms with Gasteiger partial charge in [-0.25, -0.2) is 0 Å². The first-order valence-electron chi connectivity index (χ1n) is 12.4. The van der Waals surface area contributed by atoms with Gasteiger partial charge >= 0.3 is 0 Å². The van der Waals surface area contributed by atoms with E-state index in [-0.39, 0.29) is 22.6 Å². The number of carbonyl (C=O) groups is 2. The standard InChI is InChI=1S/C27H39N3O3/c1-6-12-29(24(31)7-2)16-20-9-8-13-28(20)17-22-10-11-23(33-22)25(32)30-19-27(5)15-21(30)14-26(3,4)18-27/h8-11,13,21H,6-7,12,14-19H2,1-5H3. The van der Waals surface area contributed by atoms with Crippen LogP contribution in [0.25, 0.3) is 0 Å². The van der Waals surface area contributed by atoms with E-state index in [2.05, 4.69) is 37.2 Å². The Morgan fingerprint density at radius 1 is 1.15 bits per heavy atom. The fourth-order valence-electron chi connectivity index (χ4n) is 6.31. The summed E-state index contributed by atoms with van der Waals surface area (Å²) in [6.45, 7) is 13.7. The summed E-state index contributed by atoms with van der Waals surface area (Å²) in [6.07, 6.45) is 6.76. The lowest BCUT2D eigenvalue weighted by Gasteiger charge is -2.39. The van der Waals surface area contributed by atoms with E-state index in [1.54, 1.807) is 0 Å². The molecule has 0 N–H and O–H groups in total. The zero-order valence-corrected chi connectivity index (χ0v) is 20.9. The molecule has 2 fully saturated rings. The van der Waals surface area contributed by atoms with Crippen LogP contribution in [-0.2, 0) is 17.9 Å². The Balaban J connectivity index is 1.45. The van der Waals surface area contributed by atoms with Crippen LogP contribution >= 0.6 is 0 Å². The van der Waals surface area contributed by atoms with Gasteiger partial charge in [0.05, 0.1) is 13.1 Å². The second kappa shape index (κ2) is 9.03. The molecule has 0 aromatic carbocycles. The Bertz CT molecular complexity index is 1000. The van der Waals surface area contributed by atoms with Crippen LogP contribution in [0, 0.1) is 10.8 Å². The summed E-state index contributed by atoms with van der Waals surface area (Å²) < 4.78 is 8.15. The molecule has 2 unspecified atom stereocenters. The lowest BCUT2D eigenvalue weighted by atomic mass is 9.65. The maximum Gasteiger partial charge on any atom is 0.289 e. The monoisotopic (exact) mass is 453 g/mol. The Hall–Kier alpha value is -2.50. The van der Waals surface area contributed by atoms with E-state index in [1.807, 2.05) is 42.3 Å². The van der Waals surface area contributed by atoms with Gasteiger partial charge in [-0.15, -0.1) is 0 Å². The van der Waals surface area contributed by atoms with Crippen molar-refractivity contribution in [1.29, 1.82) is 0 Å². The third-order valence-electron chi connectivity index (χ3n) is 7.30. The summed E-state index contributed by atoms with van der Waals surface area (Å²) in [5, 5.41) is 0. The summed E-state index contributed by atoms with van der Waals surface area (Å²) in [4.78, 5) is 29.6. The molecule has 1 aliphatic carbocycles. The molecule has 3 heterocycles. The summed E-state index contributed by atoms with van der Waals surface area (Å²) in [6, 6.07) is 8.08. The van der Waals surface area contributed by atoms with Crippen LogP contribution in [0.2, 0.25) is 0 Å². The molecule has 1 aliphatic heterocycles. The number of amides is 2. The second-order valence-corrected chi connectivity index (χ2v) is 11.2. The minimum absolute atomic E-state index is 0.0167. The van der Waals surface area contributed by atoms with E-state index in [1.165, 1.54) is 0 Å². The van der Waals surface area contributed by atoms with Crippen molar-refractivity contribution in [1.82, 2.24) is 14.4 Å². The fraction of sp³-hybridized carbons (Fsp3) is 0.630. The van der Waals surface area contributed by atoms with Crippen molar-refractivity contribution in [2.24, 2.45) is 10.8 Å². The van der Waals surface area contributed by atoms with Gasteiger partial charge in [-0.1, -0.05) is 34.6 Å². The molecule has 0 radical (unpaired) electrons. The first-order chi connectivity index (χ1) is 15.6. The normalized spacial score (nSPS) is 23.7.